The van der Waals surface area contributed by atoms with E-state index in [0.717, 1.165) is 0 Å². The van der Waals surface area contributed by atoms with E-state index in [1.807, 2.05) is 0 Å². The molecule has 1 aliphatic rings. The van der Waals surface area contributed by atoms with E-state index in [1.165, 1.54) is 16.6 Å². The second-order valence-corrected chi connectivity index (χ2v) is 6.27. The van der Waals surface area contributed by atoms with Crippen molar-refractivity contribution in [3.63, 3.8) is 0 Å². The van der Waals surface area contributed by atoms with E-state index in [9.17, 15) is 13.5 Å². The fraction of sp³-hybridized carbons (Fsp3) is 0.667. The molecule has 0 bridgehead atoms. The van der Waals surface area contributed by atoms with Crippen LogP contribution in [0.5, 0.6) is 0 Å². The molecular formula is C9H15N3O3S. The average molecular weight is 245 g/mol. The first kappa shape index (κ1) is 11.6. The number of hydrogen-bond acceptors (Lipinski definition) is 4. The van der Waals surface area contributed by atoms with Gasteiger partial charge in [0.2, 0.25) is 0 Å². The Labute approximate surface area is 94.3 Å². The van der Waals surface area contributed by atoms with Crippen molar-refractivity contribution in [2.24, 2.45) is 0 Å². The summed E-state index contributed by atoms with van der Waals surface area (Å²) in [6, 6.07) is 1.42. The lowest BCUT2D eigenvalue weighted by atomic mass is 9.97. The maximum Gasteiger partial charge on any atom is 0.260 e. The highest BCUT2D eigenvalue weighted by molar-refractivity contribution is 7.89. The van der Waals surface area contributed by atoms with Gasteiger partial charge in [-0.2, -0.15) is 9.40 Å². The predicted octanol–water partition coefficient (Wildman–Crippen LogP) is -0.0548. The topological polar surface area (TPSA) is 86.3 Å². The lowest BCUT2D eigenvalue weighted by Crippen LogP contribution is -2.48. The minimum atomic E-state index is -3.53. The van der Waals surface area contributed by atoms with Crippen molar-refractivity contribution in [3.05, 3.63) is 12.3 Å². The van der Waals surface area contributed by atoms with Crippen molar-refractivity contribution in [1.29, 1.82) is 0 Å². The van der Waals surface area contributed by atoms with Gasteiger partial charge in [-0.3, -0.25) is 5.10 Å². The number of rotatable bonds is 2. The van der Waals surface area contributed by atoms with Crippen LogP contribution in [-0.4, -0.2) is 46.7 Å². The zero-order valence-electron chi connectivity index (χ0n) is 9.05. The summed E-state index contributed by atoms with van der Waals surface area (Å²) in [4.78, 5) is 0. The van der Waals surface area contributed by atoms with E-state index in [2.05, 4.69) is 10.2 Å². The molecule has 6 nitrogen and oxygen atoms in total. The Balaban J connectivity index is 2.25. The summed E-state index contributed by atoms with van der Waals surface area (Å²) in [5, 5.41) is 16.0. The van der Waals surface area contributed by atoms with Crippen molar-refractivity contribution in [3.8, 4) is 0 Å². The summed E-state index contributed by atoms with van der Waals surface area (Å²) in [5.74, 6) is 0. The first-order valence-corrected chi connectivity index (χ1v) is 6.58. The molecular weight excluding hydrogens is 230 g/mol. The molecule has 1 aromatic rings. The van der Waals surface area contributed by atoms with Crippen molar-refractivity contribution >= 4 is 10.0 Å². The van der Waals surface area contributed by atoms with Gasteiger partial charge in [0.05, 0.1) is 11.8 Å². The first-order chi connectivity index (χ1) is 7.42. The fourth-order valence-corrected chi connectivity index (χ4v) is 3.40. The van der Waals surface area contributed by atoms with Crippen molar-refractivity contribution in [2.45, 2.75) is 30.4 Å². The maximum atomic E-state index is 12.1. The molecule has 90 valence electrons. The lowest BCUT2D eigenvalue weighted by Gasteiger charge is -2.35. The standard InChI is InChI=1S/C9H15N3O3S/c1-9(13)4-2-6-12(7-9)16(14,15)8-3-5-10-11-8/h3,5,13H,2,4,6-7H2,1H3,(H,10,11). The van der Waals surface area contributed by atoms with Gasteiger partial charge in [-0.25, -0.2) is 8.42 Å². The monoisotopic (exact) mass is 245 g/mol. The van der Waals surface area contributed by atoms with Crippen LogP contribution in [0.2, 0.25) is 0 Å². The molecule has 2 rings (SSSR count). The summed E-state index contributed by atoms with van der Waals surface area (Å²) in [6.45, 7) is 2.23. The van der Waals surface area contributed by atoms with Crippen LogP contribution in [0.1, 0.15) is 19.8 Å². The molecule has 16 heavy (non-hydrogen) atoms. The minimum absolute atomic E-state index is 0.0743. The van der Waals surface area contributed by atoms with E-state index in [4.69, 9.17) is 0 Å². The van der Waals surface area contributed by atoms with Gasteiger partial charge in [0, 0.05) is 13.1 Å². The predicted molar refractivity (Wildman–Crippen MR) is 57.2 cm³/mol. The fourth-order valence-electron chi connectivity index (χ4n) is 1.91. The SMILES string of the molecule is CC1(O)CCCN(S(=O)(=O)c2ccn[nH]2)C1. The van der Waals surface area contributed by atoms with Gasteiger partial charge < -0.3 is 5.11 Å². The second kappa shape index (κ2) is 3.83. The number of hydrogen-bond donors (Lipinski definition) is 2. The van der Waals surface area contributed by atoms with Gasteiger partial charge in [0.15, 0.2) is 5.03 Å². The maximum absolute atomic E-state index is 12.1. The first-order valence-electron chi connectivity index (χ1n) is 5.14. The van der Waals surface area contributed by atoms with Gasteiger partial charge >= 0.3 is 0 Å². The van der Waals surface area contributed by atoms with Gasteiger partial charge in [-0.15, -0.1) is 0 Å². The number of β-amino-alcohol motifs (C(OH)–C–C–N with tert-alkyl or cyclic N) is 1. The number of aliphatic hydroxyl groups is 1. The summed E-state index contributed by atoms with van der Waals surface area (Å²) < 4.78 is 25.5. The van der Waals surface area contributed by atoms with Crippen LogP contribution in [0.25, 0.3) is 0 Å². The molecule has 1 saturated heterocycles. The quantitative estimate of drug-likeness (QED) is 0.764. The van der Waals surface area contributed by atoms with E-state index in [1.54, 1.807) is 6.92 Å². The van der Waals surface area contributed by atoms with Gasteiger partial charge in [-0.05, 0) is 25.8 Å². The van der Waals surface area contributed by atoms with Crippen LogP contribution < -0.4 is 0 Å². The Bertz CT molecular complexity index is 452. The largest absolute Gasteiger partial charge is 0.389 e. The molecule has 0 saturated carbocycles. The molecule has 1 unspecified atom stereocenters. The van der Waals surface area contributed by atoms with E-state index < -0.39 is 15.6 Å². The van der Waals surface area contributed by atoms with E-state index in [-0.39, 0.29) is 11.6 Å². The molecule has 0 aliphatic carbocycles. The van der Waals surface area contributed by atoms with Gasteiger partial charge in [0.25, 0.3) is 10.0 Å². The van der Waals surface area contributed by atoms with Crippen LogP contribution in [0.4, 0.5) is 0 Å². The molecule has 1 atom stereocenters. The average Bonchev–Trinajstić information content (AvgIpc) is 2.69. The Morgan fingerprint density at radius 2 is 2.38 bits per heavy atom. The zero-order chi connectivity index (χ0) is 11.8. The van der Waals surface area contributed by atoms with Gasteiger partial charge in [-0.1, -0.05) is 0 Å². The third kappa shape index (κ3) is 2.11. The van der Waals surface area contributed by atoms with Crippen LogP contribution in [0, 0.1) is 0 Å². The molecule has 0 amide bonds. The number of piperidine rings is 1. The number of sulfonamides is 1. The molecule has 0 spiro atoms. The van der Waals surface area contributed by atoms with Crippen LogP contribution in [-0.2, 0) is 10.0 Å². The van der Waals surface area contributed by atoms with Crippen molar-refractivity contribution in [2.75, 3.05) is 13.1 Å². The summed E-state index contributed by atoms with van der Waals surface area (Å²) in [6.07, 6.45) is 2.69. The molecule has 7 heteroatoms. The Hall–Kier alpha value is -0.920. The van der Waals surface area contributed by atoms with Crippen molar-refractivity contribution in [1.82, 2.24) is 14.5 Å². The highest BCUT2D eigenvalue weighted by Crippen LogP contribution is 2.24. The molecule has 1 aliphatic heterocycles. The molecule has 2 heterocycles. The molecule has 1 fully saturated rings. The zero-order valence-corrected chi connectivity index (χ0v) is 9.87. The Morgan fingerprint density at radius 1 is 1.62 bits per heavy atom. The minimum Gasteiger partial charge on any atom is -0.389 e. The molecule has 2 N–H and O–H groups in total. The van der Waals surface area contributed by atoms with Crippen LogP contribution >= 0.6 is 0 Å². The molecule has 0 aromatic carbocycles. The Morgan fingerprint density at radius 3 is 2.94 bits per heavy atom. The summed E-state index contributed by atoms with van der Waals surface area (Å²) >= 11 is 0. The second-order valence-electron chi connectivity index (χ2n) is 4.36. The highest BCUT2D eigenvalue weighted by atomic mass is 32.2. The lowest BCUT2D eigenvalue weighted by molar-refractivity contribution is 0.00934. The smallest absolute Gasteiger partial charge is 0.260 e. The van der Waals surface area contributed by atoms with E-state index >= 15 is 0 Å². The molecule has 0 radical (unpaired) electrons. The third-order valence-corrected chi connectivity index (χ3v) is 4.51. The van der Waals surface area contributed by atoms with Crippen LogP contribution in [0.15, 0.2) is 17.3 Å². The normalized spacial score (nSPS) is 28.1. The number of nitrogens with one attached hydrogen (secondary N) is 1. The highest BCUT2D eigenvalue weighted by Gasteiger charge is 2.35. The van der Waals surface area contributed by atoms with Crippen LogP contribution in [0.3, 0.4) is 0 Å². The third-order valence-electron chi connectivity index (χ3n) is 2.73. The molecule has 1 aromatic heterocycles. The summed E-state index contributed by atoms with van der Waals surface area (Å²) in [7, 11) is -3.53. The number of nitrogens with zero attached hydrogens (tertiary/aromatic N) is 2. The number of H-pyrrole nitrogens is 1. The number of aromatic nitrogens is 2. The van der Waals surface area contributed by atoms with Crippen molar-refractivity contribution < 1.29 is 13.5 Å². The number of aromatic amines is 1. The summed E-state index contributed by atoms with van der Waals surface area (Å²) in [5.41, 5.74) is -0.939. The Kier molecular flexibility index (Phi) is 2.77. The van der Waals surface area contributed by atoms with Gasteiger partial charge in [0.1, 0.15) is 0 Å². The van der Waals surface area contributed by atoms with E-state index in [0.29, 0.717) is 19.4 Å².